The maximum atomic E-state index is 15.8. The quantitative estimate of drug-likeness (QED) is 0.0129. The summed E-state index contributed by atoms with van der Waals surface area (Å²) in [7, 11) is -17.2. The number of halogens is 6. The predicted octanol–water partition coefficient (Wildman–Crippen LogP) is 22.9. The SMILES string of the molecule is Cc1c(S(C)(=O)=O)c(-c2cc(F)cc(N3CCN(c4ccc(N5CCO[P@@]5(=O)c5ccc(C[C@H](CCN6CCC(O)CC6)CSc6ccccc6)c([N+](=O)[O-])c5)cc4)CC3)c2)c(-c2ccc(Cl)cc2)n1C(C)C.Cc1c(S(C)(=O)=O)c(-c2cccc(N3CCN(c4ccc(N5CCO[P@]5(=O)c5ccc(C[C@H](CCN(C)C)CSc6ccccc6)c(S(=O)(=O)C(F)(F)F)c5)cc4)CC3)c2)c(-c2ccc(Cl)cc2)n1C(C)C. The number of anilines is 6. The van der Waals surface area contributed by atoms with Crippen LogP contribution in [0.2, 0.25) is 10.0 Å². The fourth-order valence-corrected chi connectivity index (χ4v) is 30.9. The van der Waals surface area contributed by atoms with Crippen LogP contribution in [0.1, 0.15) is 88.0 Å². The number of rotatable bonds is 34. The van der Waals surface area contributed by atoms with Crippen LogP contribution in [0, 0.1) is 41.6 Å². The van der Waals surface area contributed by atoms with Crippen LogP contribution in [-0.4, -0.2) is 209 Å². The topological polar surface area (TPSA) is 254 Å². The Morgan fingerprint density at radius 1 is 0.490 bits per heavy atom. The lowest BCUT2D eigenvalue weighted by Gasteiger charge is -2.37. The van der Waals surface area contributed by atoms with E-state index >= 15 is 4.39 Å². The van der Waals surface area contributed by atoms with Crippen molar-refractivity contribution in [3.05, 3.63) is 285 Å². The van der Waals surface area contributed by atoms with Crippen LogP contribution in [0.4, 0.5) is 57.4 Å². The fourth-order valence-electron chi connectivity index (χ4n) is 20.5. The van der Waals surface area contributed by atoms with Crippen molar-refractivity contribution in [1.82, 2.24) is 18.9 Å². The summed E-state index contributed by atoms with van der Waals surface area (Å²) in [5, 5.41) is 24.1. The minimum Gasteiger partial charge on any atom is -0.393 e. The van der Waals surface area contributed by atoms with Crippen molar-refractivity contribution in [3.63, 3.8) is 0 Å². The van der Waals surface area contributed by atoms with Gasteiger partial charge in [-0.25, -0.2) is 29.6 Å². The highest BCUT2D eigenvalue weighted by Gasteiger charge is 2.50. The first kappa shape index (κ1) is 108. The van der Waals surface area contributed by atoms with E-state index in [1.54, 1.807) is 71.5 Å². The Kier molecular flexibility index (Phi) is 33.9. The average Bonchev–Trinajstić information content (AvgIpc) is 1.60. The molecule has 5 saturated heterocycles. The van der Waals surface area contributed by atoms with E-state index < -0.39 is 60.8 Å². The Morgan fingerprint density at radius 3 is 1.36 bits per heavy atom. The molecule has 0 radical (unpaired) electrons. The lowest BCUT2D eigenvalue weighted by atomic mass is 9.96. The van der Waals surface area contributed by atoms with E-state index in [1.807, 2.05) is 204 Å². The van der Waals surface area contributed by atoms with Gasteiger partial charge >= 0.3 is 20.5 Å². The second-order valence-electron chi connectivity index (χ2n) is 38.6. The summed E-state index contributed by atoms with van der Waals surface area (Å²) in [6.45, 7) is 20.7. The first-order chi connectivity index (χ1) is 69.0. The van der Waals surface area contributed by atoms with Crippen molar-refractivity contribution >= 4 is 142 Å². The third-order valence-corrected chi connectivity index (χ3v) is 39.7. The number of hydrogen-bond acceptors (Lipinski definition) is 21. The number of sulfone groups is 3. The fraction of sp³-hybridized carbons (Fsp3) is 0.370. The molecule has 2 aromatic heterocycles. The van der Waals surface area contributed by atoms with Gasteiger partial charge < -0.3 is 52.7 Å². The van der Waals surface area contributed by atoms with Gasteiger partial charge in [0.25, 0.3) is 15.5 Å². The second-order valence-corrected chi connectivity index (χ2v) is 52.1. The molecule has 24 nitrogen and oxygen atoms in total. The Labute approximate surface area is 866 Å². The number of thioether (sulfide) groups is 2. The molecule has 5 aliphatic rings. The van der Waals surface area contributed by atoms with E-state index in [1.165, 1.54) is 47.5 Å². The van der Waals surface area contributed by atoms with Crippen LogP contribution in [0.15, 0.2) is 261 Å². The molecule has 37 heteroatoms. The molecule has 0 bridgehead atoms. The summed E-state index contributed by atoms with van der Waals surface area (Å²) in [6, 6.07) is 71.0. The summed E-state index contributed by atoms with van der Waals surface area (Å²) in [5.74, 6) is 0.832. The van der Waals surface area contributed by atoms with Gasteiger partial charge in [0.05, 0.1) is 74.0 Å². The summed E-state index contributed by atoms with van der Waals surface area (Å²) in [4.78, 5) is 27.3. The number of aliphatic hydroxyl groups is 1. The van der Waals surface area contributed by atoms with Gasteiger partial charge in [-0.15, -0.1) is 23.5 Å². The zero-order valence-electron chi connectivity index (χ0n) is 82.8. The summed E-state index contributed by atoms with van der Waals surface area (Å²) >= 11 is 15.9. The van der Waals surface area contributed by atoms with Crippen molar-refractivity contribution in [1.29, 1.82) is 0 Å². The molecule has 4 atom stereocenters. The van der Waals surface area contributed by atoms with Crippen LogP contribution in [0.25, 0.3) is 44.8 Å². The number of likely N-dealkylation sites (tertiary alicyclic amines) is 1. The number of alkyl halides is 3. The maximum Gasteiger partial charge on any atom is 0.501 e. The standard InChI is InChI=1S/C55H63ClFN6O7PS2.C53H60ClF3N5O6PS3/c1-38(2)62-39(3)55(73(4,68)69)53(54(62)41-10-13-44(56)14-11-41)43-33-45(57)35-48(34-43)60-28-26-59(27-29-60)46-15-17-47(18-16-46)61-30-31-70-71(61,67)50-19-12-42(52(36-50)63(65)66)32-40(37-72-51-8-6-5-7-9-51)20-23-58-24-21-49(64)22-25-58;1-37(2)62-38(3)52(71(6,64)65)50(51(62)40-15-18-43(54)19-16-40)42-11-10-12-46(34-42)60-29-27-59(28-30-60)44-20-22-45(23-21-44)61-31-32-68-69(61,63)47-24-17-41(49(35-47)72(66,67)53(55,56)57)33-39(25-26-58(4)5)36-70-48-13-8-7-9-14-48/h5-19,33-36,38,40,49,64H,20-32,37H2,1-4H3;7-24,34-35,37,39H,25-33,36H2,1-6H3/t40-,71-;39-,69+/m00/s1. The highest BCUT2D eigenvalue weighted by molar-refractivity contribution is 7.99. The second kappa shape index (κ2) is 45.6. The molecule has 0 saturated carbocycles. The molecule has 5 aliphatic heterocycles. The first-order valence-corrected chi connectivity index (χ1v) is 59.9. The number of hydrogen-bond donors (Lipinski definition) is 1. The number of aliphatic hydroxyl groups excluding tert-OH is 1. The first-order valence-electron chi connectivity index (χ1n) is 48.7. The zero-order chi connectivity index (χ0) is 103. The van der Waals surface area contributed by atoms with E-state index in [-0.39, 0.29) is 87.9 Å². The lowest BCUT2D eigenvalue weighted by molar-refractivity contribution is -0.385. The largest absolute Gasteiger partial charge is 0.501 e. The van der Waals surface area contributed by atoms with Gasteiger partial charge in [0, 0.05) is 190 Å². The molecule has 0 unspecified atom stereocenters. The molecule has 770 valence electrons. The third-order valence-electron chi connectivity index (χ3n) is 27.6. The molecule has 12 aromatic rings. The molecule has 0 amide bonds. The van der Waals surface area contributed by atoms with Crippen molar-refractivity contribution in [3.8, 4) is 44.8 Å². The number of aromatic nitrogens is 2. The number of benzene rings is 10. The molecule has 0 spiro atoms. The van der Waals surface area contributed by atoms with Crippen LogP contribution >= 0.6 is 61.8 Å². The van der Waals surface area contributed by atoms with Crippen LogP contribution < -0.4 is 39.5 Å². The van der Waals surface area contributed by atoms with E-state index in [0.29, 0.717) is 155 Å². The third kappa shape index (κ3) is 24.5. The summed E-state index contributed by atoms with van der Waals surface area (Å²) < 4.78 is 189. The van der Waals surface area contributed by atoms with E-state index in [2.05, 4.69) is 47.3 Å². The Bertz CT molecular complexity index is 7100. The van der Waals surface area contributed by atoms with Crippen LogP contribution in [0.5, 0.6) is 0 Å². The van der Waals surface area contributed by atoms with Gasteiger partial charge in [-0.3, -0.25) is 28.6 Å². The average molecular weight is 2150 g/mol. The number of nitro groups is 1. The Morgan fingerprint density at radius 2 is 0.910 bits per heavy atom. The highest BCUT2D eigenvalue weighted by atomic mass is 35.5. The minimum atomic E-state index is -5.84. The van der Waals surface area contributed by atoms with E-state index in [9.17, 15) is 62.8 Å². The zero-order valence-corrected chi connectivity index (χ0v) is 90.2. The molecular weight excluding hydrogens is 2030 g/mol. The van der Waals surface area contributed by atoms with Gasteiger partial charge in [0.15, 0.2) is 19.7 Å². The maximum absolute atomic E-state index is 15.8. The van der Waals surface area contributed by atoms with Gasteiger partial charge in [-0.1, -0.05) is 108 Å². The normalized spacial score (nSPS) is 17.9. The van der Waals surface area contributed by atoms with Crippen LogP contribution in [0.3, 0.4) is 0 Å². The van der Waals surface area contributed by atoms with Gasteiger partial charge in [-0.05, 0) is 292 Å². The highest BCUT2D eigenvalue weighted by Crippen LogP contribution is 2.59. The molecule has 7 heterocycles. The van der Waals surface area contributed by atoms with Crippen molar-refractivity contribution in [2.75, 3.05) is 172 Å². The molecule has 5 fully saturated rings. The van der Waals surface area contributed by atoms with Gasteiger partial charge in [-0.2, -0.15) is 13.2 Å². The summed E-state index contributed by atoms with van der Waals surface area (Å²) in [6.07, 6.45) is 5.72. The monoisotopic (exact) mass is 2150 g/mol. The van der Waals surface area contributed by atoms with E-state index in [0.717, 1.165) is 100.0 Å². The van der Waals surface area contributed by atoms with Crippen molar-refractivity contribution in [2.24, 2.45) is 11.8 Å². The van der Waals surface area contributed by atoms with Gasteiger partial charge in [0.2, 0.25) is 0 Å². The van der Waals surface area contributed by atoms with Crippen molar-refractivity contribution < 1.29 is 71.0 Å². The molecular formula is C108H123Cl2F4N11O13P2S5. The predicted molar refractivity (Wildman–Crippen MR) is 581 cm³/mol. The summed E-state index contributed by atoms with van der Waals surface area (Å²) in [5.41, 5.74) is 6.37. The number of nitrogens with zero attached hydrogens (tertiary/aromatic N) is 11. The molecule has 145 heavy (non-hydrogen) atoms. The number of nitro benzene ring substituents is 1. The number of piperazine rings is 2. The van der Waals surface area contributed by atoms with Crippen molar-refractivity contribution in [2.45, 2.75) is 128 Å². The van der Waals surface area contributed by atoms with Gasteiger partial charge in [0.1, 0.15) is 5.82 Å². The Hall–Kier alpha value is -9.93. The Balaban J connectivity index is 0.000000208. The van der Waals surface area contributed by atoms with Crippen LogP contribution in [-0.2, 0) is 60.5 Å². The molecule has 1 N–H and O–H groups in total. The van der Waals surface area contributed by atoms with E-state index in [4.69, 9.17) is 32.2 Å². The minimum absolute atomic E-state index is 0.0174. The molecule has 0 aliphatic carbocycles. The lowest BCUT2D eigenvalue weighted by Crippen LogP contribution is -2.46. The number of piperidine rings is 1. The smallest absolute Gasteiger partial charge is 0.393 e. The molecule has 10 aromatic carbocycles. The molecule has 17 rings (SSSR count).